The number of β-amino-alcohol motifs (C(OH)–C–C–N with tert-alkyl or cyclic N) is 1. The number of hydrogen-bond donors (Lipinski definition) is 3. The molecule has 1 aromatic heterocycles. The van der Waals surface area contributed by atoms with E-state index in [-0.39, 0.29) is 37.4 Å². The minimum Gasteiger partial charge on any atom is -0.391 e. The monoisotopic (exact) mass is 489 g/mol. The Bertz CT molecular complexity index is 931. The molecule has 35 heavy (non-hydrogen) atoms. The number of nitrogens with one attached hydrogen (secondary N) is 2. The molecule has 1 aromatic rings. The van der Waals surface area contributed by atoms with Crippen molar-refractivity contribution >= 4 is 17.7 Å². The van der Waals surface area contributed by atoms with E-state index in [0.717, 1.165) is 44.5 Å². The van der Waals surface area contributed by atoms with Crippen LogP contribution in [0.25, 0.3) is 0 Å². The van der Waals surface area contributed by atoms with Gasteiger partial charge < -0.3 is 25.5 Å². The molecule has 11 heteroatoms. The average Bonchev–Trinajstić information content (AvgIpc) is 3.40. The van der Waals surface area contributed by atoms with E-state index in [1.165, 1.54) is 4.90 Å². The van der Waals surface area contributed by atoms with Gasteiger partial charge in [0.25, 0.3) is 0 Å². The Labute approximate surface area is 206 Å². The largest absolute Gasteiger partial charge is 0.391 e. The lowest BCUT2D eigenvalue weighted by Gasteiger charge is -2.34. The molecule has 2 aliphatic heterocycles. The zero-order valence-corrected chi connectivity index (χ0v) is 21.2. The summed E-state index contributed by atoms with van der Waals surface area (Å²) in [5, 5.41) is 24.5. The zero-order chi connectivity index (χ0) is 25.3. The average molecular weight is 490 g/mol. The first-order valence-corrected chi connectivity index (χ1v) is 12.7. The van der Waals surface area contributed by atoms with Gasteiger partial charge in [0.2, 0.25) is 17.7 Å². The maximum atomic E-state index is 13.7. The van der Waals surface area contributed by atoms with E-state index in [9.17, 15) is 19.5 Å². The molecule has 3 atom stereocenters. The maximum Gasteiger partial charge on any atom is 0.248 e. The molecular formula is C24H39N7O4. The fraction of sp³-hybridized carbons (Fsp3) is 0.792. The van der Waals surface area contributed by atoms with Crippen LogP contribution in [0.2, 0.25) is 0 Å². The summed E-state index contributed by atoms with van der Waals surface area (Å²) in [5.74, 6) is -0.546. The van der Waals surface area contributed by atoms with Crippen LogP contribution in [-0.4, -0.2) is 99.0 Å². The Morgan fingerprint density at radius 2 is 1.86 bits per heavy atom. The van der Waals surface area contributed by atoms with Crippen LogP contribution in [0.4, 0.5) is 0 Å². The van der Waals surface area contributed by atoms with Crippen LogP contribution in [0.3, 0.4) is 0 Å². The first-order chi connectivity index (χ1) is 16.5. The highest BCUT2D eigenvalue weighted by Crippen LogP contribution is 2.40. The van der Waals surface area contributed by atoms with E-state index in [1.807, 2.05) is 27.0 Å². The number of amides is 3. The fourth-order valence-electron chi connectivity index (χ4n) is 5.04. The van der Waals surface area contributed by atoms with Gasteiger partial charge in [0.1, 0.15) is 12.1 Å². The smallest absolute Gasteiger partial charge is 0.248 e. The molecule has 0 radical (unpaired) electrons. The van der Waals surface area contributed by atoms with Crippen molar-refractivity contribution in [3.05, 3.63) is 11.9 Å². The Morgan fingerprint density at radius 1 is 1.17 bits per heavy atom. The summed E-state index contributed by atoms with van der Waals surface area (Å²) < 4.78 is 1.60. The summed E-state index contributed by atoms with van der Waals surface area (Å²) in [6.45, 7) is 7.61. The van der Waals surface area contributed by atoms with Crippen molar-refractivity contribution in [1.82, 2.24) is 35.4 Å². The Balaban J connectivity index is 1.39. The minimum atomic E-state index is -0.843. The number of aliphatic hydroxyl groups is 1. The van der Waals surface area contributed by atoms with E-state index in [4.69, 9.17) is 0 Å². The van der Waals surface area contributed by atoms with Gasteiger partial charge >= 0.3 is 0 Å². The van der Waals surface area contributed by atoms with Crippen LogP contribution in [0.15, 0.2) is 6.20 Å². The van der Waals surface area contributed by atoms with Crippen molar-refractivity contribution in [2.24, 2.45) is 5.41 Å². The van der Waals surface area contributed by atoms with Crippen molar-refractivity contribution in [1.29, 1.82) is 0 Å². The number of carbonyl (C=O) groups excluding carboxylic acids is 3. The summed E-state index contributed by atoms with van der Waals surface area (Å²) in [5.41, 5.74) is 0.395. The molecule has 4 rings (SSSR count). The van der Waals surface area contributed by atoms with Crippen molar-refractivity contribution < 1.29 is 19.5 Å². The Hall–Kier alpha value is -2.53. The van der Waals surface area contributed by atoms with E-state index < -0.39 is 29.5 Å². The summed E-state index contributed by atoms with van der Waals surface area (Å²) in [6, 6.07) is -1.40. The molecular weight excluding hydrogens is 450 g/mol. The Kier molecular flexibility index (Phi) is 7.46. The van der Waals surface area contributed by atoms with Crippen molar-refractivity contribution in [3.63, 3.8) is 0 Å². The predicted octanol–water partition coefficient (Wildman–Crippen LogP) is 0.0311. The lowest BCUT2D eigenvalue weighted by Crippen LogP contribution is -2.52. The van der Waals surface area contributed by atoms with Gasteiger partial charge in [0.05, 0.1) is 18.3 Å². The number of carbonyl (C=O) groups is 3. The molecule has 3 heterocycles. The van der Waals surface area contributed by atoms with Gasteiger partial charge in [-0.05, 0) is 51.2 Å². The summed E-state index contributed by atoms with van der Waals surface area (Å²) in [4.78, 5) is 42.8. The quantitative estimate of drug-likeness (QED) is 0.492. The molecule has 1 saturated carbocycles. The zero-order valence-electron chi connectivity index (χ0n) is 21.2. The molecule has 0 bridgehead atoms. The molecule has 3 N–H and O–H groups in total. The lowest BCUT2D eigenvalue weighted by molar-refractivity contribution is -0.144. The standard InChI is InChI=1S/C24H39N7O4/c1-24(2,3)21(31-14-18(27-28-31)15-5-6-15)23(35)30-13-17(32)11-19(30)22(34)25-12-20(33)26-16-7-9-29(4)10-8-16/h14-17,19,21,32H,5-13H2,1-4H3,(H,25,34)(H,26,33)/t17-,19+,21-/m1/s1. The SMILES string of the molecule is CN1CCC(NC(=O)CNC(=O)[C@@H]2C[C@@H](O)CN2C(=O)[C@@H](n2cc(C3CC3)nn2)C(C)(C)C)CC1. The molecule has 194 valence electrons. The van der Waals surface area contributed by atoms with Crippen LogP contribution in [0.1, 0.15) is 70.5 Å². The number of rotatable bonds is 7. The van der Waals surface area contributed by atoms with Crippen LogP contribution >= 0.6 is 0 Å². The van der Waals surface area contributed by atoms with Gasteiger partial charge in [-0.3, -0.25) is 14.4 Å². The molecule has 3 amide bonds. The second-order valence-corrected chi connectivity index (χ2v) is 11.4. The molecule has 1 aliphatic carbocycles. The van der Waals surface area contributed by atoms with Crippen LogP contribution < -0.4 is 10.6 Å². The second kappa shape index (κ2) is 10.2. The second-order valence-electron chi connectivity index (χ2n) is 11.4. The van der Waals surface area contributed by atoms with Crippen LogP contribution in [0, 0.1) is 5.41 Å². The van der Waals surface area contributed by atoms with Gasteiger partial charge in [-0.2, -0.15) is 0 Å². The molecule has 0 unspecified atom stereocenters. The number of likely N-dealkylation sites (tertiary alicyclic amines) is 2. The first kappa shape index (κ1) is 25.6. The van der Waals surface area contributed by atoms with Crippen LogP contribution in [-0.2, 0) is 14.4 Å². The number of aromatic nitrogens is 3. The lowest BCUT2D eigenvalue weighted by atomic mass is 9.85. The van der Waals surface area contributed by atoms with Gasteiger partial charge in [-0.25, -0.2) is 4.68 Å². The van der Waals surface area contributed by atoms with Crippen molar-refractivity contribution in [2.45, 2.75) is 83.0 Å². The number of nitrogens with zero attached hydrogens (tertiary/aromatic N) is 5. The highest BCUT2D eigenvalue weighted by molar-refractivity contribution is 5.92. The normalized spacial score (nSPS) is 24.9. The molecule has 0 spiro atoms. The maximum absolute atomic E-state index is 13.7. The number of hydrogen-bond acceptors (Lipinski definition) is 7. The predicted molar refractivity (Wildman–Crippen MR) is 128 cm³/mol. The van der Waals surface area contributed by atoms with Gasteiger partial charge in [0.15, 0.2) is 0 Å². The summed E-state index contributed by atoms with van der Waals surface area (Å²) in [7, 11) is 2.06. The third-order valence-electron chi connectivity index (χ3n) is 7.21. The number of aliphatic hydroxyl groups excluding tert-OH is 1. The highest BCUT2D eigenvalue weighted by Gasteiger charge is 2.45. The molecule has 11 nitrogen and oxygen atoms in total. The van der Waals surface area contributed by atoms with Gasteiger partial charge in [-0.15, -0.1) is 5.10 Å². The van der Waals surface area contributed by atoms with E-state index in [0.29, 0.717) is 5.92 Å². The molecule has 2 saturated heterocycles. The topological polar surface area (TPSA) is 133 Å². The first-order valence-electron chi connectivity index (χ1n) is 12.7. The Morgan fingerprint density at radius 3 is 2.49 bits per heavy atom. The third kappa shape index (κ3) is 6.19. The molecule has 0 aromatic carbocycles. The summed E-state index contributed by atoms with van der Waals surface area (Å²) in [6.07, 6.45) is 5.09. The fourth-order valence-corrected chi connectivity index (χ4v) is 5.04. The van der Waals surface area contributed by atoms with Crippen molar-refractivity contribution in [3.8, 4) is 0 Å². The van der Waals surface area contributed by atoms with Gasteiger partial charge in [-0.1, -0.05) is 26.0 Å². The molecule has 3 fully saturated rings. The highest BCUT2D eigenvalue weighted by atomic mass is 16.3. The van der Waals surface area contributed by atoms with Crippen molar-refractivity contribution in [2.75, 3.05) is 33.2 Å². The van der Waals surface area contributed by atoms with E-state index in [2.05, 4.69) is 32.9 Å². The van der Waals surface area contributed by atoms with Gasteiger partial charge in [0, 0.05) is 31.1 Å². The van der Waals surface area contributed by atoms with Crippen LogP contribution in [0.5, 0.6) is 0 Å². The van der Waals surface area contributed by atoms with E-state index in [1.54, 1.807) is 4.68 Å². The molecule has 3 aliphatic rings. The minimum absolute atomic E-state index is 0.0649. The van der Waals surface area contributed by atoms with E-state index >= 15 is 0 Å². The number of piperidine rings is 1. The third-order valence-corrected chi connectivity index (χ3v) is 7.21. The summed E-state index contributed by atoms with van der Waals surface area (Å²) >= 11 is 0.